The third-order valence-electron chi connectivity index (χ3n) is 2.33. The van der Waals surface area contributed by atoms with Crippen molar-refractivity contribution in [1.29, 1.82) is 0 Å². The highest BCUT2D eigenvalue weighted by atomic mass is 16.4. The third kappa shape index (κ3) is 2.74. The Morgan fingerprint density at radius 2 is 1.06 bits per heavy atom. The molecular weight excluding hydrogens is 234 g/mol. The first-order valence-corrected chi connectivity index (χ1v) is 5.24. The number of hydrogen-bond acceptors (Lipinski definition) is 6. The Morgan fingerprint density at radius 1 is 0.667 bits per heavy atom. The fourth-order valence-electron chi connectivity index (χ4n) is 1.48. The summed E-state index contributed by atoms with van der Waals surface area (Å²) < 4.78 is 0. The lowest BCUT2D eigenvalue weighted by molar-refractivity contribution is 0.423. The molecule has 0 aliphatic carbocycles. The van der Waals surface area contributed by atoms with E-state index in [4.69, 9.17) is 20.1 Å². The molecule has 0 atom stereocenters. The predicted molar refractivity (Wildman–Crippen MR) is 67.1 cm³/mol. The van der Waals surface area contributed by atoms with E-state index >= 15 is 0 Å². The van der Waals surface area contributed by atoms with Crippen molar-refractivity contribution in [3.63, 3.8) is 0 Å². The van der Waals surface area contributed by atoms with Gasteiger partial charge in [-0.2, -0.15) is 0 Å². The molecule has 0 saturated carbocycles. The molecular formula is C10H10B2N2O4. The lowest BCUT2D eigenvalue weighted by atomic mass is 9.85. The van der Waals surface area contributed by atoms with Crippen molar-refractivity contribution >= 4 is 25.4 Å². The molecule has 2 aromatic heterocycles. The van der Waals surface area contributed by atoms with Crippen molar-refractivity contribution in [1.82, 2.24) is 9.97 Å². The quantitative estimate of drug-likeness (QED) is 0.444. The molecule has 4 N–H and O–H groups in total. The Morgan fingerprint density at radius 3 is 1.39 bits per heavy atom. The Kier molecular flexibility index (Phi) is 3.73. The fourth-order valence-corrected chi connectivity index (χ4v) is 1.48. The Labute approximate surface area is 104 Å². The highest BCUT2D eigenvalue weighted by Gasteiger charge is 2.16. The molecule has 0 unspecified atom stereocenters. The average Bonchev–Trinajstić information content (AvgIpc) is 2.39. The summed E-state index contributed by atoms with van der Waals surface area (Å²) in [4.78, 5) is 8.03. The van der Waals surface area contributed by atoms with Crippen molar-refractivity contribution < 1.29 is 20.1 Å². The molecule has 0 saturated heterocycles. The van der Waals surface area contributed by atoms with E-state index in [-0.39, 0.29) is 11.2 Å². The summed E-state index contributed by atoms with van der Waals surface area (Å²) in [6.07, 6.45) is 0. The summed E-state index contributed by atoms with van der Waals surface area (Å²) in [6, 6.07) is 9.45. The van der Waals surface area contributed by atoms with Crippen molar-refractivity contribution in [2.45, 2.75) is 0 Å². The molecule has 0 aliphatic rings. The summed E-state index contributed by atoms with van der Waals surface area (Å²) in [5, 5.41) is 36.1. The highest BCUT2D eigenvalue weighted by Crippen LogP contribution is 2.10. The van der Waals surface area contributed by atoms with Gasteiger partial charge in [0.2, 0.25) is 0 Å². The molecule has 2 heterocycles. The highest BCUT2D eigenvalue weighted by molar-refractivity contribution is 6.58. The smallest absolute Gasteiger partial charge is 0.422 e. The standard InChI is InChI=1S/C10H10B2N2O4/c15-11(16)9-5-1-3-7(13-9)8-4-2-6-10(14-8)12(17)18/h1-6,15-18H. The van der Waals surface area contributed by atoms with Gasteiger partial charge in [-0.1, -0.05) is 12.1 Å². The van der Waals surface area contributed by atoms with Crippen LogP contribution in [0.1, 0.15) is 0 Å². The van der Waals surface area contributed by atoms with Crippen molar-refractivity contribution in [2.75, 3.05) is 0 Å². The zero-order chi connectivity index (χ0) is 13.1. The number of rotatable bonds is 3. The minimum atomic E-state index is -1.66. The van der Waals surface area contributed by atoms with Crippen LogP contribution < -0.4 is 11.2 Å². The van der Waals surface area contributed by atoms with E-state index in [1.807, 2.05) is 0 Å². The van der Waals surface area contributed by atoms with Gasteiger partial charge in [0.25, 0.3) is 0 Å². The molecule has 6 nitrogen and oxygen atoms in total. The molecule has 90 valence electrons. The lowest BCUT2D eigenvalue weighted by Gasteiger charge is -2.05. The first kappa shape index (κ1) is 12.7. The molecule has 0 aromatic carbocycles. The number of aromatic nitrogens is 2. The van der Waals surface area contributed by atoms with Crippen LogP contribution in [-0.2, 0) is 0 Å². The van der Waals surface area contributed by atoms with Crippen LogP contribution in [0.15, 0.2) is 36.4 Å². The van der Waals surface area contributed by atoms with E-state index in [1.54, 1.807) is 24.3 Å². The van der Waals surface area contributed by atoms with Gasteiger partial charge >= 0.3 is 14.2 Å². The van der Waals surface area contributed by atoms with Gasteiger partial charge in [-0.15, -0.1) is 0 Å². The molecule has 2 rings (SSSR count). The maximum absolute atomic E-state index is 9.03. The summed E-state index contributed by atoms with van der Waals surface area (Å²) >= 11 is 0. The third-order valence-corrected chi connectivity index (χ3v) is 2.33. The molecule has 0 bridgehead atoms. The summed E-state index contributed by atoms with van der Waals surface area (Å²) in [5.41, 5.74) is 1.04. The van der Waals surface area contributed by atoms with Crippen molar-refractivity contribution in [3.05, 3.63) is 36.4 Å². The second kappa shape index (κ2) is 5.28. The monoisotopic (exact) mass is 244 g/mol. The Balaban J connectivity index is 2.42. The van der Waals surface area contributed by atoms with E-state index < -0.39 is 14.2 Å². The number of pyridine rings is 2. The topological polar surface area (TPSA) is 107 Å². The van der Waals surface area contributed by atoms with Gasteiger partial charge in [0.05, 0.1) is 22.6 Å². The van der Waals surface area contributed by atoms with Crippen LogP contribution in [0.4, 0.5) is 0 Å². The van der Waals surface area contributed by atoms with Gasteiger partial charge in [-0.3, -0.25) is 9.97 Å². The zero-order valence-corrected chi connectivity index (χ0v) is 9.30. The van der Waals surface area contributed by atoms with Crippen molar-refractivity contribution in [3.8, 4) is 11.4 Å². The molecule has 18 heavy (non-hydrogen) atoms. The second-order valence-electron chi connectivity index (χ2n) is 3.64. The molecule has 0 radical (unpaired) electrons. The van der Waals surface area contributed by atoms with Crippen molar-refractivity contribution in [2.24, 2.45) is 0 Å². The molecule has 0 spiro atoms. The first-order chi connectivity index (χ1) is 8.58. The molecule has 0 amide bonds. The van der Waals surface area contributed by atoms with Gasteiger partial charge in [0.1, 0.15) is 0 Å². The maximum atomic E-state index is 9.03. The van der Waals surface area contributed by atoms with Gasteiger partial charge in [-0.05, 0) is 24.3 Å². The van der Waals surface area contributed by atoms with E-state index in [0.29, 0.717) is 11.4 Å². The summed E-state index contributed by atoms with van der Waals surface area (Å²) in [5.74, 6) is 0. The Hall–Kier alpha value is -1.73. The minimum absolute atomic E-state index is 0.101. The fraction of sp³-hybridized carbons (Fsp3) is 0. The van der Waals surface area contributed by atoms with Crippen LogP contribution in [0.2, 0.25) is 0 Å². The summed E-state index contributed by atoms with van der Waals surface area (Å²) in [7, 11) is -3.31. The van der Waals surface area contributed by atoms with Crippen LogP contribution >= 0.6 is 0 Å². The van der Waals surface area contributed by atoms with Crippen LogP contribution in [0.25, 0.3) is 11.4 Å². The minimum Gasteiger partial charge on any atom is -0.422 e. The SMILES string of the molecule is OB(O)c1cccc(-c2cccc(B(O)O)n2)n1. The maximum Gasteiger partial charge on any atom is 0.508 e. The van der Waals surface area contributed by atoms with Crippen LogP contribution in [0.3, 0.4) is 0 Å². The average molecular weight is 244 g/mol. The Bertz CT molecular complexity index is 501. The van der Waals surface area contributed by atoms with E-state index in [0.717, 1.165) is 0 Å². The van der Waals surface area contributed by atoms with E-state index in [1.165, 1.54) is 12.1 Å². The lowest BCUT2D eigenvalue weighted by Crippen LogP contribution is -2.34. The summed E-state index contributed by atoms with van der Waals surface area (Å²) in [6.45, 7) is 0. The van der Waals surface area contributed by atoms with Gasteiger partial charge in [0, 0.05) is 0 Å². The zero-order valence-electron chi connectivity index (χ0n) is 9.30. The van der Waals surface area contributed by atoms with Gasteiger partial charge in [-0.25, -0.2) is 0 Å². The van der Waals surface area contributed by atoms with E-state index in [2.05, 4.69) is 9.97 Å². The molecule has 0 fully saturated rings. The second-order valence-corrected chi connectivity index (χ2v) is 3.64. The molecule has 2 aromatic rings. The number of nitrogens with zero attached hydrogens (tertiary/aromatic N) is 2. The van der Waals surface area contributed by atoms with Gasteiger partial charge in [0.15, 0.2) is 0 Å². The molecule has 8 heteroatoms. The largest absolute Gasteiger partial charge is 0.508 e. The van der Waals surface area contributed by atoms with E-state index in [9.17, 15) is 0 Å². The normalized spacial score (nSPS) is 10.2. The predicted octanol–water partition coefficient (Wildman–Crippen LogP) is -2.50. The first-order valence-electron chi connectivity index (χ1n) is 5.24. The van der Waals surface area contributed by atoms with Crippen LogP contribution in [-0.4, -0.2) is 44.3 Å². The van der Waals surface area contributed by atoms with Crippen LogP contribution in [0, 0.1) is 0 Å². The number of hydrogen-bond donors (Lipinski definition) is 4. The van der Waals surface area contributed by atoms with Crippen LogP contribution in [0.5, 0.6) is 0 Å². The van der Waals surface area contributed by atoms with Gasteiger partial charge < -0.3 is 20.1 Å². The molecule has 0 aliphatic heterocycles.